The minimum Gasteiger partial charge on any atom is -0.438 e. The maximum absolute atomic E-state index is 13.6. The fraction of sp³-hybridized carbons (Fsp3) is 0. The van der Waals surface area contributed by atoms with Gasteiger partial charge in [0.2, 0.25) is 11.0 Å². The third kappa shape index (κ3) is 4.06. The highest BCUT2D eigenvalue weighted by Gasteiger charge is 2.18. The fourth-order valence-corrected chi connectivity index (χ4v) is 2.13. The Morgan fingerprint density at radius 3 is 2.50 bits per heavy atom. The predicted molar refractivity (Wildman–Crippen MR) is 83.3 cm³/mol. The fourth-order valence-electron chi connectivity index (χ4n) is 1.67. The number of anilines is 2. The Hall–Kier alpha value is -2.98. The first-order valence-electron chi connectivity index (χ1n) is 6.37. The zero-order chi connectivity index (χ0) is 17.9. The third-order valence-electron chi connectivity index (χ3n) is 2.75. The van der Waals surface area contributed by atoms with E-state index in [1.165, 1.54) is 12.1 Å². The van der Waals surface area contributed by atoms with Crippen molar-refractivity contribution in [2.45, 2.75) is 5.09 Å². The van der Waals surface area contributed by atoms with Crippen LogP contribution in [0, 0.1) is 5.82 Å². The number of halogens is 1. The number of benzene rings is 1. The Balaban J connectivity index is 2.20. The van der Waals surface area contributed by atoms with Gasteiger partial charge in [0.25, 0.3) is 15.9 Å². The largest absolute Gasteiger partial charge is 0.438 e. The molecule has 0 unspecified atom stereocenters. The lowest BCUT2D eigenvalue weighted by Gasteiger charge is -2.08. The van der Waals surface area contributed by atoms with Crippen LogP contribution in [0.4, 0.5) is 15.8 Å². The molecule has 2 amide bonds. The molecule has 0 saturated heterocycles. The lowest BCUT2D eigenvalue weighted by molar-refractivity contribution is -0.111. The summed E-state index contributed by atoms with van der Waals surface area (Å²) in [5, 5.41) is 8.92. The van der Waals surface area contributed by atoms with Crippen molar-refractivity contribution in [3.63, 3.8) is 0 Å². The molecule has 0 spiro atoms. The molecule has 0 radical (unpaired) electrons. The van der Waals surface area contributed by atoms with E-state index in [1.54, 1.807) is 0 Å². The van der Waals surface area contributed by atoms with Gasteiger partial charge in [-0.05, 0) is 36.4 Å². The molecule has 1 aromatic heterocycles. The number of hydrogen-bond acceptors (Lipinski definition) is 5. The summed E-state index contributed by atoms with van der Waals surface area (Å²) in [4.78, 5) is 23.2. The van der Waals surface area contributed by atoms with Gasteiger partial charge >= 0.3 is 0 Å². The molecule has 0 aliphatic carbocycles. The van der Waals surface area contributed by atoms with Gasteiger partial charge in [-0.1, -0.05) is 6.58 Å². The standard InChI is InChI=1S/C14H12FN3O5S/c1-2-12(19)18-10-7-8(3-4-9(10)15)17-14(20)11-5-6-13(23-11)24(16,21)22/h2-7H,1H2,(H,17,20)(H,18,19)(H2,16,21,22). The summed E-state index contributed by atoms with van der Waals surface area (Å²) in [6, 6.07) is 5.62. The molecule has 4 N–H and O–H groups in total. The van der Waals surface area contributed by atoms with Gasteiger partial charge in [0, 0.05) is 5.69 Å². The SMILES string of the molecule is C=CC(=O)Nc1cc(NC(=O)c2ccc(S(N)(=O)=O)o2)ccc1F. The normalized spacial score (nSPS) is 10.9. The van der Waals surface area contributed by atoms with E-state index in [2.05, 4.69) is 17.2 Å². The molecule has 1 aromatic carbocycles. The number of nitrogens with one attached hydrogen (secondary N) is 2. The number of carbonyl (C=O) groups is 2. The van der Waals surface area contributed by atoms with Crippen LogP contribution in [-0.2, 0) is 14.8 Å². The Morgan fingerprint density at radius 1 is 1.21 bits per heavy atom. The first-order chi connectivity index (χ1) is 11.2. The van der Waals surface area contributed by atoms with E-state index in [0.29, 0.717) is 0 Å². The average Bonchev–Trinajstić information content (AvgIpc) is 3.00. The van der Waals surface area contributed by atoms with Crippen LogP contribution < -0.4 is 15.8 Å². The maximum atomic E-state index is 13.6. The molecule has 10 heteroatoms. The van der Waals surface area contributed by atoms with Crippen LogP contribution in [0.25, 0.3) is 0 Å². The van der Waals surface area contributed by atoms with Crippen molar-refractivity contribution in [2.24, 2.45) is 5.14 Å². The first-order valence-corrected chi connectivity index (χ1v) is 7.92. The van der Waals surface area contributed by atoms with Gasteiger partial charge in [0.1, 0.15) is 5.82 Å². The Labute approximate surface area is 136 Å². The van der Waals surface area contributed by atoms with Gasteiger partial charge in [-0.25, -0.2) is 17.9 Å². The second-order valence-corrected chi connectivity index (χ2v) is 6.00. The second-order valence-electron chi connectivity index (χ2n) is 4.51. The smallest absolute Gasteiger partial charge is 0.291 e. The second kappa shape index (κ2) is 6.64. The minimum absolute atomic E-state index is 0.148. The van der Waals surface area contributed by atoms with E-state index in [1.807, 2.05) is 0 Å². The van der Waals surface area contributed by atoms with E-state index in [9.17, 15) is 22.4 Å². The van der Waals surface area contributed by atoms with Crippen molar-refractivity contribution < 1.29 is 26.8 Å². The number of hydrogen-bond donors (Lipinski definition) is 3. The molecule has 2 aromatic rings. The number of amides is 2. The van der Waals surface area contributed by atoms with Crippen LogP contribution >= 0.6 is 0 Å². The number of carbonyl (C=O) groups excluding carboxylic acids is 2. The Kier molecular flexibility index (Phi) is 4.81. The number of nitrogens with two attached hydrogens (primary N) is 1. The highest BCUT2D eigenvalue weighted by atomic mass is 32.2. The molecule has 8 nitrogen and oxygen atoms in total. The van der Waals surface area contributed by atoms with E-state index in [0.717, 1.165) is 24.3 Å². The van der Waals surface area contributed by atoms with Gasteiger partial charge < -0.3 is 15.1 Å². The maximum Gasteiger partial charge on any atom is 0.291 e. The van der Waals surface area contributed by atoms with E-state index in [4.69, 9.17) is 9.56 Å². The van der Waals surface area contributed by atoms with Gasteiger partial charge in [-0.3, -0.25) is 9.59 Å². The molecule has 0 aliphatic heterocycles. The Bertz CT molecular complexity index is 920. The molecule has 0 fully saturated rings. The molecule has 2 rings (SSSR count). The molecule has 1 heterocycles. The molecule has 0 atom stereocenters. The summed E-state index contributed by atoms with van der Waals surface area (Å²) in [5.74, 6) is -2.42. The third-order valence-corrected chi connectivity index (χ3v) is 3.53. The first kappa shape index (κ1) is 17.4. The summed E-state index contributed by atoms with van der Waals surface area (Å²) >= 11 is 0. The van der Waals surface area contributed by atoms with Crippen LogP contribution in [0.5, 0.6) is 0 Å². The van der Waals surface area contributed by atoms with Gasteiger partial charge in [0.05, 0.1) is 5.69 Å². The van der Waals surface area contributed by atoms with Crippen LogP contribution in [0.2, 0.25) is 0 Å². The zero-order valence-corrected chi connectivity index (χ0v) is 12.9. The quantitative estimate of drug-likeness (QED) is 0.700. The number of primary sulfonamides is 1. The lowest BCUT2D eigenvalue weighted by Crippen LogP contribution is -2.13. The summed E-state index contributed by atoms with van der Waals surface area (Å²) in [6.45, 7) is 3.24. The lowest BCUT2D eigenvalue weighted by atomic mass is 10.2. The molecular weight excluding hydrogens is 341 g/mol. The summed E-state index contributed by atoms with van der Waals surface area (Å²) < 4.78 is 40.6. The number of rotatable bonds is 5. The zero-order valence-electron chi connectivity index (χ0n) is 12.1. The summed E-state index contributed by atoms with van der Waals surface area (Å²) in [7, 11) is -4.07. The molecule has 0 aliphatic rings. The van der Waals surface area contributed by atoms with Crippen molar-refractivity contribution in [1.29, 1.82) is 0 Å². The van der Waals surface area contributed by atoms with Gasteiger partial charge in [-0.15, -0.1) is 0 Å². The van der Waals surface area contributed by atoms with E-state index >= 15 is 0 Å². The van der Waals surface area contributed by atoms with Crippen LogP contribution in [0.15, 0.2) is 52.5 Å². The summed E-state index contributed by atoms with van der Waals surface area (Å²) in [5.41, 5.74) is -0.0170. The summed E-state index contributed by atoms with van der Waals surface area (Å²) in [6.07, 6.45) is 0.961. The van der Waals surface area contributed by atoms with Crippen LogP contribution in [0.1, 0.15) is 10.6 Å². The van der Waals surface area contributed by atoms with Crippen molar-refractivity contribution in [1.82, 2.24) is 0 Å². The number of sulfonamides is 1. The molecule has 24 heavy (non-hydrogen) atoms. The molecular formula is C14H12FN3O5S. The number of furan rings is 1. The van der Waals surface area contributed by atoms with E-state index < -0.39 is 32.7 Å². The van der Waals surface area contributed by atoms with Crippen molar-refractivity contribution in [3.8, 4) is 0 Å². The van der Waals surface area contributed by atoms with E-state index in [-0.39, 0.29) is 17.1 Å². The minimum atomic E-state index is -4.07. The highest BCUT2D eigenvalue weighted by Crippen LogP contribution is 2.21. The van der Waals surface area contributed by atoms with Crippen molar-refractivity contribution >= 4 is 33.2 Å². The monoisotopic (exact) mass is 353 g/mol. The van der Waals surface area contributed by atoms with Crippen molar-refractivity contribution in [3.05, 3.63) is 54.6 Å². The molecule has 0 saturated carbocycles. The predicted octanol–water partition coefficient (Wildman–Crippen LogP) is 1.44. The van der Waals surface area contributed by atoms with Crippen LogP contribution in [-0.4, -0.2) is 20.2 Å². The topological polar surface area (TPSA) is 132 Å². The van der Waals surface area contributed by atoms with Gasteiger partial charge in [0.15, 0.2) is 5.76 Å². The van der Waals surface area contributed by atoms with Crippen molar-refractivity contribution in [2.75, 3.05) is 10.6 Å². The molecule has 0 bridgehead atoms. The van der Waals surface area contributed by atoms with Gasteiger partial charge in [-0.2, -0.15) is 0 Å². The van der Waals surface area contributed by atoms with Crippen LogP contribution in [0.3, 0.4) is 0 Å². The average molecular weight is 353 g/mol. The Morgan fingerprint density at radius 2 is 1.92 bits per heavy atom. The molecule has 126 valence electrons. The highest BCUT2D eigenvalue weighted by molar-refractivity contribution is 7.89.